The van der Waals surface area contributed by atoms with Crippen molar-refractivity contribution in [2.75, 3.05) is 6.61 Å². The number of ether oxygens (including phenoxy) is 1. The van der Waals surface area contributed by atoms with Gasteiger partial charge in [0, 0.05) is 0 Å². The molecule has 0 aromatic rings. The standard InChI is InChI=1S/C11H17NO2/c1-2-14-11(13)10(8-12)9-6-4-3-5-7-9/h9-10H,2-7H2,1H3/t10-/m1/s1. The molecular formula is C11H17NO2. The highest BCUT2D eigenvalue weighted by Crippen LogP contribution is 2.30. The van der Waals surface area contributed by atoms with Crippen LogP contribution < -0.4 is 0 Å². The molecule has 1 rings (SSSR count). The minimum atomic E-state index is -0.532. The number of esters is 1. The fraction of sp³-hybridized carbons (Fsp3) is 0.818. The Morgan fingerprint density at radius 3 is 2.64 bits per heavy atom. The van der Waals surface area contributed by atoms with E-state index in [0.717, 1.165) is 25.7 Å². The zero-order chi connectivity index (χ0) is 10.4. The fourth-order valence-electron chi connectivity index (χ4n) is 2.05. The summed E-state index contributed by atoms with van der Waals surface area (Å²) in [6.45, 7) is 2.14. The summed E-state index contributed by atoms with van der Waals surface area (Å²) >= 11 is 0. The molecule has 0 aromatic carbocycles. The molecule has 1 atom stereocenters. The summed E-state index contributed by atoms with van der Waals surface area (Å²) in [5, 5.41) is 8.92. The Balaban J connectivity index is 2.52. The second kappa shape index (κ2) is 5.64. The van der Waals surface area contributed by atoms with Gasteiger partial charge in [0.2, 0.25) is 0 Å². The molecule has 1 aliphatic rings. The third-order valence-electron chi connectivity index (χ3n) is 2.80. The average Bonchev–Trinajstić information content (AvgIpc) is 2.21. The van der Waals surface area contributed by atoms with Crippen LogP contribution in [-0.4, -0.2) is 12.6 Å². The van der Waals surface area contributed by atoms with Gasteiger partial charge in [0.15, 0.2) is 0 Å². The molecule has 0 aromatic heterocycles. The van der Waals surface area contributed by atoms with Gasteiger partial charge in [-0.05, 0) is 25.7 Å². The predicted octanol–water partition coefficient (Wildman–Crippen LogP) is 2.27. The normalized spacial score (nSPS) is 19.7. The Kier molecular flexibility index (Phi) is 4.45. The predicted molar refractivity (Wildman–Crippen MR) is 52.3 cm³/mol. The van der Waals surface area contributed by atoms with Crippen LogP contribution in [0.2, 0.25) is 0 Å². The Morgan fingerprint density at radius 1 is 1.50 bits per heavy atom. The number of hydrogen-bond acceptors (Lipinski definition) is 3. The number of nitrogens with zero attached hydrogens (tertiary/aromatic N) is 1. The highest BCUT2D eigenvalue weighted by Gasteiger charge is 2.30. The zero-order valence-electron chi connectivity index (χ0n) is 8.66. The summed E-state index contributed by atoms with van der Waals surface area (Å²) in [6.07, 6.45) is 5.51. The Labute approximate surface area is 85.1 Å². The molecule has 14 heavy (non-hydrogen) atoms. The Morgan fingerprint density at radius 2 is 2.14 bits per heavy atom. The summed E-state index contributed by atoms with van der Waals surface area (Å²) in [7, 11) is 0. The Hall–Kier alpha value is -1.04. The summed E-state index contributed by atoms with van der Waals surface area (Å²) in [5.41, 5.74) is 0. The van der Waals surface area contributed by atoms with Crippen molar-refractivity contribution in [3.8, 4) is 6.07 Å². The lowest BCUT2D eigenvalue weighted by Gasteiger charge is -2.24. The van der Waals surface area contributed by atoms with Gasteiger partial charge in [0.05, 0.1) is 12.7 Å². The van der Waals surface area contributed by atoms with Crippen LogP contribution in [0.5, 0.6) is 0 Å². The van der Waals surface area contributed by atoms with Gasteiger partial charge in [-0.15, -0.1) is 0 Å². The molecule has 1 fully saturated rings. The molecule has 0 unspecified atom stereocenters. The van der Waals surface area contributed by atoms with Gasteiger partial charge in [-0.1, -0.05) is 19.3 Å². The molecule has 3 nitrogen and oxygen atoms in total. The van der Waals surface area contributed by atoms with Crippen molar-refractivity contribution in [2.45, 2.75) is 39.0 Å². The van der Waals surface area contributed by atoms with E-state index in [1.807, 2.05) is 0 Å². The summed E-state index contributed by atoms with van der Waals surface area (Å²) in [6, 6.07) is 2.08. The van der Waals surface area contributed by atoms with Crippen LogP contribution in [0.15, 0.2) is 0 Å². The van der Waals surface area contributed by atoms with E-state index < -0.39 is 5.92 Å². The van der Waals surface area contributed by atoms with Gasteiger partial charge in [0.25, 0.3) is 0 Å². The van der Waals surface area contributed by atoms with Gasteiger partial charge in [-0.3, -0.25) is 4.79 Å². The first-order valence-corrected chi connectivity index (χ1v) is 5.35. The number of hydrogen-bond donors (Lipinski definition) is 0. The minimum Gasteiger partial charge on any atom is -0.465 e. The molecule has 0 heterocycles. The van der Waals surface area contributed by atoms with Crippen molar-refractivity contribution >= 4 is 5.97 Å². The van der Waals surface area contributed by atoms with Crippen LogP contribution in [-0.2, 0) is 9.53 Å². The molecule has 78 valence electrons. The third kappa shape index (κ3) is 2.73. The zero-order valence-corrected chi connectivity index (χ0v) is 8.66. The first kappa shape index (κ1) is 11.0. The van der Waals surface area contributed by atoms with E-state index in [9.17, 15) is 4.79 Å². The lowest BCUT2D eigenvalue weighted by atomic mass is 9.81. The van der Waals surface area contributed by atoms with Gasteiger partial charge in [-0.2, -0.15) is 5.26 Å². The van der Waals surface area contributed by atoms with Crippen molar-refractivity contribution in [3.05, 3.63) is 0 Å². The van der Waals surface area contributed by atoms with Crippen molar-refractivity contribution in [1.82, 2.24) is 0 Å². The molecule has 0 saturated heterocycles. The van der Waals surface area contributed by atoms with Crippen LogP contribution in [0.25, 0.3) is 0 Å². The maximum atomic E-state index is 11.4. The largest absolute Gasteiger partial charge is 0.465 e. The SMILES string of the molecule is CCOC(=O)[C@H](C#N)C1CCCCC1. The van der Waals surface area contributed by atoms with Gasteiger partial charge in [0.1, 0.15) is 5.92 Å². The van der Waals surface area contributed by atoms with Crippen LogP contribution in [0, 0.1) is 23.2 Å². The van der Waals surface area contributed by atoms with Crippen LogP contribution in [0.4, 0.5) is 0 Å². The Bertz CT molecular complexity index is 226. The maximum Gasteiger partial charge on any atom is 0.323 e. The van der Waals surface area contributed by atoms with E-state index >= 15 is 0 Å². The highest BCUT2D eigenvalue weighted by atomic mass is 16.5. The molecule has 3 heteroatoms. The molecular weight excluding hydrogens is 178 g/mol. The molecule has 0 N–H and O–H groups in total. The molecule has 0 amide bonds. The molecule has 1 aliphatic carbocycles. The highest BCUT2D eigenvalue weighted by molar-refractivity contribution is 5.75. The van der Waals surface area contributed by atoms with E-state index in [1.54, 1.807) is 6.92 Å². The van der Waals surface area contributed by atoms with E-state index in [0.29, 0.717) is 6.61 Å². The summed E-state index contributed by atoms with van der Waals surface area (Å²) < 4.78 is 4.89. The first-order chi connectivity index (χ1) is 6.79. The fourth-order valence-corrected chi connectivity index (χ4v) is 2.05. The lowest BCUT2D eigenvalue weighted by Crippen LogP contribution is -2.26. The van der Waals surface area contributed by atoms with Crippen LogP contribution in [0.3, 0.4) is 0 Å². The van der Waals surface area contributed by atoms with Crippen molar-refractivity contribution in [3.63, 3.8) is 0 Å². The quantitative estimate of drug-likeness (QED) is 0.649. The van der Waals surface area contributed by atoms with Crippen molar-refractivity contribution < 1.29 is 9.53 Å². The van der Waals surface area contributed by atoms with E-state index in [2.05, 4.69) is 6.07 Å². The third-order valence-corrected chi connectivity index (χ3v) is 2.80. The lowest BCUT2D eigenvalue weighted by molar-refractivity contribution is -0.148. The van der Waals surface area contributed by atoms with Gasteiger partial charge < -0.3 is 4.74 Å². The topological polar surface area (TPSA) is 50.1 Å². The average molecular weight is 195 g/mol. The minimum absolute atomic E-state index is 0.229. The summed E-state index contributed by atoms with van der Waals surface area (Å²) in [5.74, 6) is -0.634. The van der Waals surface area contributed by atoms with Crippen LogP contribution in [0.1, 0.15) is 39.0 Å². The van der Waals surface area contributed by atoms with E-state index in [1.165, 1.54) is 6.42 Å². The number of nitriles is 1. The van der Waals surface area contributed by atoms with E-state index in [-0.39, 0.29) is 11.9 Å². The second-order valence-corrected chi connectivity index (χ2v) is 3.76. The number of carbonyl (C=O) groups is 1. The second-order valence-electron chi connectivity index (χ2n) is 3.76. The number of carbonyl (C=O) groups excluding carboxylic acids is 1. The monoisotopic (exact) mass is 195 g/mol. The van der Waals surface area contributed by atoms with Crippen molar-refractivity contribution in [1.29, 1.82) is 5.26 Å². The molecule has 0 aliphatic heterocycles. The molecule has 0 radical (unpaired) electrons. The maximum absolute atomic E-state index is 11.4. The molecule has 1 saturated carbocycles. The van der Waals surface area contributed by atoms with Crippen LogP contribution >= 0.6 is 0 Å². The molecule has 0 bridgehead atoms. The summed E-state index contributed by atoms with van der Waals surface area (Å²) in [4.78, 5) is 11.4. The van der Waals surface area contributed by atoms with Gasteiger partial charge in [-0.25, -0.2) is 0 Å². The smallest absolute Gasteiger partial charge is 0.323 e. The number of rotatable bonds is 3. The molecule has 0 spiro atoms. The first-order valence-electron chi connectivity index (χ1n) is 5.35. The van der Waals surface area contributed by atoms with E-state index in [4.69, 9.17) is 10.00 Å². The van der Waals surface area contributed by atoms with Gasteiger partial charge >= 0.3 is 5.97 Å². The van der Waals surface area contributed by atoms with Crippen molar-refractivity contribution in [2.24, 2.45) is 11.8 Å².